The number of piperazine rings is 1. The van der Waals surface area contributed by atoms with Crippen molar-refractivity contribution in [1.82, 2.24) is 14.7 Å². The predicted molar refractivity (Wildman–Crippen MR) is 119 cm³/mol. The Kier molecular flexibility index (Phi) is 7.67. The predicted octanol–water partition coefficient (Wildman–Crippen LogP) is 2.68. The van der Waals surface area contributed by atoms with E-state index in [0.717, 1.165) is 6.42 Å². The van der Waals surface area contributed by atoms with Crippen LogP contribution in [0.4, 0.5) is 10.5 Å². The summed E-state index contributed by atoms with van der Waals surface area (Å²) >= 11 is 11.9. The van der Waals surface area contributed by atoms with Gasteiger partial charge in [0.15, 0.2) is 0 Å². The van der Waals surface area contributed by atoms with Gasteiger partial charge in [-0.2, -0.15) is 0 Å². The van der Waals surface area contributed by atoms with Gasteiger partial charge >= 0.3 is 6.03 Å². The quantitative estimate of drug-likeness (QED) is 0.707. The zero-order valence-corrected chi connectivity index (χ0v) is 19.2. The topological polar surface area (TPSA) is 93.2 Å². The van der Waals surface area contributed by atoms with Gasteiger partial charge in [-0.05, 0) is 37.5 Å². The third-order valence-electron chi connectivity index (χ3n) is 6.05. The van der Waals surface area contributed by atoms with Crippen molar-refractivity contribution in [3.8, 4) is 0 Å². The summed E-state index contributed by atoms with van der Waals surface area (Å²) in [7, 11) is 0. The van der Waals surface area contributed by atoms with Crippen LogP contribution in [0.1, 0.15) is 26.7 Å². The van der Waals surface area contributed by atoms with Crippen LogP contribution >= 0.6 is 23.2 Å². The highest BCUT2D eigenvalue weighted by molar-refractivity contribution is 6.42. The van der Waals surface area contributed by atoms with E-state index in [-0.39, 0.29) is 24.2 Å². The van der Waals surface area contributed by atoms with E-state index in [1.807, 2.05) is 6.92 Å². The number of hydrogen-bond acceptors (Lipinski definition) is 4. The number of anilines is 1. The van der Waals surface area contributed by atoms with Crippen molar-refractivity contribution < 1.29 is 19.5 Å². The number of aliphatic hydroxyl groups excluding tert-OH is 1. The number of carbonyl (C=O) groups excluding carboxylic acids is 3. The first-order valence-electron chi connectivity index (χ1n) is 10.4. The number of nitrogens with zero attached hydrogens (tertiary/aromatic N) is 3. The molecule has 3 atom stereocenters. The summed E-state index contributed by atoms with van der Waals surface area (Å²) in [5.41, 5.74) is 0.491. The molecule has 2 aliphatic rings. The lowest BCUT2D eigenvalue weighted by Gasteiger charge is -2.39. The van der Waals surface area contributed by atoms with Crippen LogP contribution in [0.15, 0.2) is 18.2 Å². The molecule has 0 aromatic heterocycles. The molecule has 0 aliphatic carbocycles. The number of β-amino-alcohol motifs (C(OH)–C–C–N with tert-alkyl or cyclic N) is 1. The van der Waals surface area contributed by atoms with Gasteiger partial charge in [-0.3, -0.25) is 9.59 Å². The number of rotatable bonds is 4. The number of amides is 4. The van der Waals surface area contributed by atoms with E-state index in [2.05, 4.69) is 5.32 Å². The number of hydrogen-bond donors (Lipinski definition) is 2. The fourth-order valence-corrected chi connectivity index (χ4v) is 4.16. The highest BCUT2D eigenvalue weighted by Gasteiger charge is 2.35. The SMILES string of the molecule is CC1CCN(C(=O)CCN2CCN(C(=O)Nc3ccc(Cl)c(Cl)c3)C(C)C2=O)CC1O. The summed E-state index contributed by atoms with van der Waals surface area (Å²) in [6, 6.07) is 3.73. The van der Waals surface area contributed by atoms with Crippen molar-refractivity contribution in [2.75, 3.05) is 38.0 Å². The van der Waals surface area contributed by atoms with Gasteiger partial charge < -0.3 is 25.1 Å². The van der Waals surface area contributed by atoms with Gasteiger partial charge in [-0.1, -0.05) is 30.1 Å². The van der Waals surface area contributed by atoms with Gasteiger partial charge in [0.1, 0.15) is 6.04 Å². The maximum Gasteiger partial charge on any atom is 0.322 e. The number of carbonyl (C=O) groups is 3. The Morgan fingerprint density at radius 3 is 2.58 bits per heavy atom. The Bertz CT molecular complexity index is 853. The van der Waals surface area contributed by atoms with Crippen LogP contribution in [0.25, 0.3) is 0 Å². The third-order valence-corrected chi connectivity index (χ3v) is 6.79. The van der Waals surface area contributed by atoms with E-state index in [1.54, 1.807) is 34.9 Å². The molecule has 10 heteroatoms. The Morgan fingerprint density at radius 2 is 1.90 bits per heavy atom. The lowest BCUT2D eigenvalue weighted by molar-refractivity contribution is -0.141. The molecule has 0 saturated carbocycles. The van der Waals surface area contributed by atoms with Gasteiger partial charge in [-0.25, -0.2) is 4.79 Å². The van der Waals surface area contributed by atoms with E-state index in [4.69, 9.17) is 23.2 Å². The lowest BCUT2D eigenvalue weighted by Crippen LogP contribution is -2.58. The third kappa shape index (κ3) is 5.61. The number of halogens is 2. The maximum absolute atomic E-state index is 12.8. The Morgan fingerprint density at radius 1 is 1.16 bits per heavy atom. The lowest BCUT2D eigenvalue weighted by atomic mass is 9.96. The van der Waals surface area contributed by atoms with Crippen molar-refractivity contribution in [3.63, 3.8) is 0 Å². The summed E-state index contributed by atoms with van der Waals surface area (Å²) in [4.78, 5) is 42.7. The molecule has 2 saturated heterocycles. The second-order valence-corrected chi connectivity index (χ2v) is 8.99. The van der Waals surface area contributed by atoms with Crippen molar-refractivity contribution in [1.29, 1.82) is 0 Å². The molecular formula is C21H28Cl2N4O4. The second kappa shape index (κ2) is 10.1. The summed E-state index contributed by atoms with van der Waals surface area (Å²) in [5.74, 6) is -0.0727. The molecule has 1 aromatic carbocycles. The normalized spacial score (nSPS) is 24.4. The van der Waals surface area contributed by atoms with Gasteiger partial charge in [0, 0.05) is 44.8 Å². The molecule has 0 radical (unpaired) electrons. The smallest absolute Gasteiger partial charge is 0.322 e. The van der Waals surface area contributed by atoms with E-state index in [9.17, 15) is 19.5 Å². The Hall–Kier alpha value is -2.03. The second-order valence-electron chi connectivity index (χ2n) is 8.18. The van der Waals surface area contributed by atoms with Gasteiger partial charge in [0.25, 0.3) is 0 Å². The van der Waals surface area contributed by atoms with Crippen LogP contribution in [0.2, 0.25) is 10.0 Å². The standard InChI is InChI=1S/C21H28Cl2N4O4/c1-13-5-7-26(12-18(13)28)19(29)6-8-25-9-10-27(14(2)20(25)30)21(31)24-15-3-4-16(22)17(23)11-15/h3-4,11,13-14,18,28H,5-10,12H2,1-2H3,(H,24,31). The molecule has 31 heavy (non-hydrogen) atoms. The molecule has 4 amide bonds. The van der Waals surface area contributed by atoms with Crippen LogP contribution in [-0.2, 0) is 9.59 Å². The summed E-state index contributed by atoms with van der Waals surface area (Å²) in [5, 5.41) is 13.4. The van der Waals surface area contributed by atoms with Crippen molar-refractivity contribution in [3.05, 3.63) is 28.2 Å². The van der Waals surface area contributed by atoms with Crippen LogP contribution in [0, 0.1) is 5.92 Å². The molecule has 2 aliphatic heterocycles. The highest BCUT2D eigenvalue weighted by Crippen LogP contribution is 2.25. The molecule has 3 unspecified atom stereocenters. The molecule has 2 fully saturated rings. The summed E-state index contributed by atoms with van der Waals surface area (Å²) in [6.07, 6.45) is 0.474. The number of piperidine rings is 1. The average molecular weight is 471 g/mol. The molecule has 3 rings (SSSR count). The number of aliphatic hydroxyl groups is 1. The molecule has 1 aromatic rings. The average Bonchev–Trinajstić information content (AvgIpc) is 2.73. The highest BCUT2D eigenvalue weighted by atomic mass is 35.5. The molecule has 2 heterocycles. The minimum absolute atomic E-state index is 0.0637. The molecular weight excluding hydrogens is 443 g/mol. The molecule has 8 nitrogen and oxygen atoms in total. The number of urea groups is 1. The summed E-state index contributed by atoms with van der Waals surface area (Å²) in [6.45, 7) is 5.62. The van der Waals surface area contributed by atoms with Crippen LogP contribution in [0.3, 0.4) is 0 Å². The van der Waals surface area contributed by atoms with E-state index < -0.39 is 18.2 Å². The van der Waals surface area contributed by atoms with Crippen LogP contribution < -0.4 is 5.32 Å². The minimum atomic E-state index is -0.649. The molecule has 0 spiro atoms. The van der Waals surface area contributed by atoms with E-state index >= 15 is 0 Å². The number of benzene rings is 1. The van der Waals surface area contributed by atoms with Crippen LogP contribution in [-0.4, -0.2) is 82.5 Å². The largest absolute Gasteiger partial charge is 0.391 e. The Labute approximate surface area is 192 Å². The number of likely N-dealkylation sites (tertiary alicyclic amines) is 1. The molecule has 170 valence electrons. The summed E-state index contributed by atoms with van der Waals surface area (Å²) < 4.78 is 0. The first kappa shape index (κ1) is 23.6. The molecule has 0 bridgehead atoms. The number of nitrogens with one attached hydrogen (secondary N) is 1. The van der Waals surface area contributed by atoms with Crippen molar-refractivity contribution >= 4 is 46.7 Å². The Balaban J connectivity index is 1.51. The zero-order valence-electron chi connectivity index (χ0n) is 17.7. The van der Waals surface area contributed by atoms with Gasteiger partial charge in [0.2, 0.25) is 11.8 Å². The van der Waals surface area contributed by atoms with Gasteiger partial charge in [0.05, 0.1) is 16.1 Å². The first-order chi connectivity index (χ1) is 14.7. The van der Waals surface area contributed by atoms with Crippen molar-refractivity contribution in [2.45, 2.75) is 38.8 Å². The monoisotopic (exact) mass is 470 g/mol. The fraction of sp³-hybridized carbons (Fsp3) is 0.571. The molecule has 2 N–H and O–H groups in total. The van der Waals surface area contributed by atoms with E-state index in [1.165, 1.54) is 4.90 Å². The minimum Gasteiger partial charge on any atom is -0.391 e. The van der Waals surface area contributed by atoms with E-state index in [0.29, 0.717) is 48.5 Å². The zero-order chi connectivity index (χ0) is 22.7. The van der Waals surface area contributed by atoms with Gasteiger partial charge in [-0.15, -0.1) is 0 Å². The fourth-order valence-electron chi connectivity index (χ4n) is 3.86. The first-order valence-corrected chi connectivity index (χ1v) is 11.2. The van der Waals surface area contributed by atoms with Crippen molar-refractivity contribution in [2.24, 2.45) is 5.92 Å². The maximum atomic E-state index is 12.8. The van der Waals surface area contributed by atoms with Crippen LogP contribution in [0.5, 0.6) is 0 Å².